The number of pyridine rings is 1. The summed E-state index contributed by atoms with van der Waals surface area (Å²) in [7, 11) is 1.58. The number of hydrogen-bond donors (Lipinski definition) is 1. The Hall–Kier alpha value is -2.89. The Morgan fingerprint density at radius 2 is 2.08 bits per heavy atom. The van der Waals surface area contributed by atoms with Gasteiger partial charge in [-0.15, -0.1) is 0 Å². The SMILES string of the molecule is COc1ccc(C(=O)N2CCC[C@H](C(=O)O)[C@@H]2C)cc1-c1ccccn1. The molecule has 0 saturated carbocycles. The van der Waals surface area contributed by atoms with E-state index in [1.807, 2.05) is 18.2 Å². The Morgan fingerprint density at radius 1 is 1.27 bits per heavy atom. The first-order chi connectivity index (χ1) is 12.5. The fourth-order valence-corrected chi connectivity index (χ4v) is 3.49. The number of methoxy groups -OCH3 is 1. The van der Waals surface area contributed by atoms with Gasteiger partial charge in [-0.2, -0.15) is 0 Å². The topological polar surface area (TPSA) is 79.7 Å². The zero-order chi connectivity index (χ0) is 18.7. The highest BCUT2D eigenvalue weighted by Crippen LogP contribution is 2.31. The van der Waals surface area contributed by atoms with Crippen LogP contribution in [-0.4, -0.2) is 46.6 Å². The fraction of sp³-hybridized carbons (Fsp3) is 0.350. The van der Waals surface area contributed by atoms with Crippen LogP contribution in [0.4, 0.5) is 0 Å². The van der Waals surface area contributed by atoms with Crippen LogP contribution in [-0.2, 0) is 4.79 Å². The Morgan fingerprint density at radius 3 is 2.73 bits per heavy atom. The minimum atomic E-state index is -0.848. The number of carbonyl (C=O) groups excluding carboxylic acids is 1. The van der Waals surface area contributed by atoms with E-state index in [1.165, 1.54) is 0 Å². The molecule has 6 heteroatoms. The van der Waals surface area contributed by atoms with Crippen molar-refractivity contribution in [1.82, 2.24) is 9.88 Å². The second-order valence-electron chi connectivity index (χ2n) is 6.46. The quantitative estimate of drug-likeness (QED) is 0.913. The number of nitrogens with zero attached hydrogens (tertiary/aromatic N) is 2. The van der Waals surface area contributed by atoms with Gasteiger partial charge in [0.05, 0.1) is 18.7 Å². The number of amides is 1. The van der Waals surface area contributed by atoms with E-state index in [1.54, 1.807) is 43.3 Å². The molecule has 26 heavy (non-hydrogen) atoms. The number of carbonyl (C=O) groups is 2. The molecule has 3 rings (SSSR count). The summed E-state index contributed by atoms with van der Waals surface area (Å²) in [6.07, 6.45) is 2.98. The Bertz CT molecular complexity index is 807. The predicted molar refractivity (Wildman–Crippen MR) is 97.1 cm³/mol. The van der Waals surface area contributed by atoms with Crippen LogP contribution < -0.4 is 4.74 Å². The number of rotatable bonds is 4. The fourth-order valence-electron chi connectivity index (χ4n) is 3.49. The lowest BCUT2D eigenvalue weighted by Gasteiger charge is -2.37. The maximum absolute atomic E-state index is 13.0. The smallest absolute Gasteiger partial charge is 0.308 e. The summed E-state index contributed by atoms with van der Waals surface area (Å²) < 4.78 is 5.41. The van der Waals surface area contributed by atoms with Crippen LogP contribution in [0.1, 0.15) is 30.1 Å². The molecule has 1 N–H and O–H groups in total. The maximum atomic E-state index is 13.0. The molecule has 1 aromatic heterocycles. The largest absolute Gasteiger partial charge is 0.496 e. The molecule has 0 bridgehead atoms. The zero-order valence-corrected chi connectivity index (χ0v) is 14.9. The van der Waals surface area contributed by atoms with Gasteiger partial charge in [-0.05, 0) is 50.1 Å². The van der Waals surface area contributed by atoms with Crippen molar-refractivity contribution < 1.29 is 19.4 Å². The van der Waals surface area contributed by atoms with Crippen LogP contribution >= 0.6 is 0 Å². The molecule has 1 aromatic carbocycles. The molecule has 2 heterocycles. The minimum absolute atomic E-state index is 0.164. The summed E-state index contributed by atoms with van der Waals surface area (Å²) >= 11 is 0. The Labute approximate surface area is 152 Å². The third-order valence-electron chi connectivity index (χ3n) is 4.95. The van der Waals surface area contributed by atoms with Gasteiger partial charge in [-0.3, -0.25) is 14.6 Å². The summed E-state index contributed by atoms with van der Waals surface area (Å²) in [6.45, 7) is 2.37. The minimum Gasteiger partial charge on any atom is -0.496 e. The summed E-state index contributed by atoms with van der Waals surface area (Å²) in [5, 5.41) is 9.38. The average molecular weight is 354 g/mol. The zero-order valence-electron chi connectivity index (χ0n) is 14.9. The van der Waals surface area contributed by atoms with Gasteiger partial charge in [0.2, 0.25) is 0 Å². The first kappa shape index (κ1) is 17.9. The van der Waals surface area contributed by atoms with Gasteiger partial charge in [0.1, 0.15) is 5.75 Å². The van der Waals surface area contributed by atoms with Crippen molar-refractivity contribution in [2.45, 2.75) is 25.8 Å². The molecule has 1 fully saturated rings. The van der Waals surface area contributed by atoms with Gasteiger partial charge in [0.15, 0.2) is 0 Å². The lowest BCUT2D eigenvalue weighted by molar-refractivity contribution is -0.144. The van der Waals surface area contributed by atoms with E-state index in [0.717, 1.165) is 5.56 Å². The Balaban J connectivity index is 1.94. The number of likely N-dealkylation sites (tertiary alicyclic amines) is 1. The van der Waals surface area contributed by atoms with Gasteiger partial charge in [0.25, 0.3) is 5.91 Å². The molecule has 2 atom stereocenters. The van der Waals surface area contributed by atoms with Gasteiger partial charge < -0.3 is 14.7 Å². The summed E-state index contributed by atoms with van der Waals surface area (Å²) in [4.78, 5) is 30.5. The standard InChI is InChI=1S/C20H22N2O4/c1-13-15(20(24)25)6-5-11-22(13)19(23)14-8-9-18(26-2)16(12-14)17-7-3-4-10-21-17/h3-4,7-10,12-13,15H,5-6,11H2,1-2H3,(H,24,25)/t13-,15-/m0/s1. The predicted octanol–water partition coefficient (Wildman–Crippen LogP) is 3.08. The van der Waals surface area contributed by atoms with E-state index in [0.29, 0.717) is 36.4 Å². The number of aromatic nitrogens is 1. The lowest BCUT2D eigenvalue weighted by atomic mass is 9.89. The molecule has 136 valence electrons. The molecular weight excluding hydrogens is 332 g/mol. The van der Waals surface area contributed by atoms with E-state index >= 15 is 0 Å². The molecule has 1 aliphatic heterocycles. The highest BCUT2D eigenvalue weighted by atomic mass is 16.5. The second-order valence-corrected chi connectivity index (χ2v) is 6.46. The second kappa shape index (κ2) is 7.56. The highest BCUT2D eigenvalue weighted by molar-refractivity contribution is 5.96. The molecule has 0 unspecified atom stereocenters. The maximum Gasteiger partial charge on any atom is 0.308 e. The number of benzene rings is 1. The average Bonchev–Trinajstić information content (AvgIpc) is 2.67. The van der Waals surface area contributed by atoms with Crippen LogP contribution in [0.5, 0.6) is 5.75 Å². The number of carboxylic acids is 1. The van der Waals surface area contributed by atoms with Crippen molar-refractivity contribution in [3.63, 3.8) is 0 Å². The molecule has 0 radical (unpaired) electrons. The van der Waals surface area contributed by atoms with E-state index in [2.05, 4.69) is 4.98 Å². The van der Waals surface area contributed by atoms with Crippen LogP contribution in [0, 0.1) is 5.92 Å². The monoisotopic (exact) mass is 354 g/mol. The van der Waals surface area contributed by atoms with Gasteiger partial charge in [0, 0.05) is 29.9 Å². The van der Waals surface area contributed by atoms with Crippen LogP contribution in [0.2, 0.25) is 0 Å². The lowest BCUT2D eigenvalue weighted by Crippen LogP contribution is -2.49. The number of piperidine rings is 1. The summed E-state index contributed by atoms with van der Waals surface area (Å²) in [5.74, 6) is -0.904. The molecule has 0 aliphatic carbocycles. The molecule has 6 nitrogen and oxygen atoms in total. The Kier molecular flexibility index (Phi) is 5.21. The first-order valence-electron chi connectivity index (χ1n) is 8.66. The van der Waals surface area contributed by atoms with Gasteiger partial charge in [-0.1, -0.05) is 6.07 Å². The number of hydrogen-bond acceptors (Lipinski definition) is 4. The van der Waals surface area contributed by atoms with E-state index in [4.69, 9.17) is 4.74 Å². The third kappa shape index (κ3) is 3.40. The molecular formula is C20H22N2O4. The summed E-state index contributed by atoms with van der Waals surface area (Å²) in [6, 6.07) is 10.4. The van der Waals surface area contributed by atoms with Crippen LogP contribution in [0.3, 0.4) is 0 Å². The first-order valence-corrected chi connectivity index (χ1v) is 8.66. The van der Waals surface area contributed by atoms with Crippen molar-refractivity contribution in [3.05, 3.63) is 48.2 Å². The highest BCUT2D eigenvalue weighted by Gasteiger charge is 2.35. The van der Waals surface area contributed by atoms with Crippen molar-refractivity contribution in [2.75, 3.05) is 13.7 Å². The number of ether oxygens (including phenoxy) is 1. The van der Waals surface area contributed by atoms with Crippen molar-refractivity contribution in [2.24, 2.45) is 5.92 Å². The number of aliphatic carboxylic acids is 1. The third-order valence-corrected chi connectivity index (χ3v) is 4.95. The van der Waals surface area contributed by atoms with Crippen LogP contribution in [0.25, 0.3) is 11.3 Å². The molecule has 2 aromatic rings. The molecule has 0 spiro atoms. The summed E-state index contributed by atoms with van der Waals surface area (Å²) in [5.41, 5.74) is 1.96. The molecule has 1 amide bonds. The van der Waals surface area contributed by atoms with E-state index < -0.39 is 11.9 Å². The van der Waals surface area contributed by atoms with Gasteiger partial charge >= 0.3 is 5.97 Å². The molecule has 1 saturated heterocycles. The van der Waals surface area contributed by atoms with E-state index in [-0.39, 0.29) is 11.9 Å². The number of carboxylic acid groups (broad SMARTS) is 1. The van der Waals surface area contributed by atoms with Crippen LogP contribution in [0.15, 0.2) is 42.6 Å². The van der Waals surface area contributed by atoms with Crippen molar-refractivity contribution in [1.29, 1.82) is 0 Å². The van der Waals surface area contributed by atoms with Crippen molar-refractivity contribution in [3.8, 4) is 17.0 Å². The van der Waals surface area contributed by atoms with Gasteiger partial charge in [-0.25, -0.2) is 0 Å². The van der Waals surface area contributed by atoms with E-state index in [9.17, 15) is 14.7 Å². The normalized spacial score (nSPS) is 19.8. The molecule has 1 aliphatic rings. The van der Waals surface area contributed by atoms with Crippen molar-refractivity contribution >= 4 is 11.9 Å².